The maximum absolute atomic E-state index is 13.0. The average Bonchev–Trinajstić information content (AvgIpc) is 3.04. The van der Waals surface area contributed by atoms with Crippen molar-refractivity contribution in [2.45, 2.75) is 19.4 Å². The molecule has 2 aliphatic rings. The predicted octanol–water partition coefficient (Wildman–Crippen LogP) is 3.25. The number of nitriles is 1. The first kappa shape index (κ1) is 19.3. The molecule has 0 aliphatic carbocycles. The molecule has 0 atom stereocenters. The number of carbonyl (C=O) groups excluding carboxylic acids is 2. The Kier molecular flexibility index (Phi) is 5.41. The summed E-state index contributed by atoms with van der Waals surface area (Å²) in [6.45, 7) is 3.22. The van der Waals surface area contributed by atoms with Crippen molar-refractivity contribution >= 4 is 11.7 Å². The highest BCUT2D eigenvalue weighted by molar-refractivity contribution is 5.98. The van der Waals surface area contributed by atoms with Crippen LogP contribution in [0.4, 0.5) is 4.39 Å². The number of hydrogen-bond acceptors (Lipinski definition) is 4. The van der Waals surface area contributed by atoms with Crippen LogP contribution in [0, 0.1) is 23.1 Å². The third-order valence-corrected chi connectivity index (χ3v) is 5.83. The molecule has 0 aromatic heterocycles. The van der Waals surface area contributed by atoms with Gasteiger partial charge < -0.3 is 4.90 Å². The number of ketones is 1. The molecule has 0 N–H and O–H groups in total. The Labute approximate surface area is 169 Å². The van der Waals surface area contributed by atoms with Gasteiger partial charge in [0.1, 0.15) is 5.82 Å². The van der Waals surface area contributed by atoms with Gasteiger partial charge >= 0.3 is 0 Å². The van der Waals surface area contributed by atoms with Gasteiger partial charge in [0, 0.05) is 24.2 Å². The van der Waals surface area contributed by atoms with Crippen molar-refractivity contribution in [1.82, 2.24) is 9.80 Å². The summed E-state index contributed by atoms with van der Waals surface area (Å²) in [4.78, 5) is 29.0. The van der Waals surface area contributed by atoms with Crippen molar-refractivity contribution in [3.63, 3.8) is 0 Å². The third-order valence-electron chi connectivity index (χ3n) is 5.83. The molecule has 0 saturated carbocycles. The maximum atomic E-state index is 13.0. The topological polar surface area (TPSA) is 64.4 Å². The lowest BCUT2D eigenvalue weighted by Crippen LogP contribution is -2.40. The average molecular weight is 391 g/mol. The first-order valence-corrected chi connectivity index (χ1v) is 9.87. The van der Waals surface area contributed by atoms with Crippen molar-refractivity contribution < 1.29 is 14.0 Å². The monoisotopic (exact) mass is 391 g/mol. The number of Topliss-reactive ketones (excluding diaryl/α,β-unsaturated/α-hetero) is 1. The largest absolute Gasteiger partial charge is 0.334 e. The fraction of sp³-hybridized carbons (Fsp3) is 0.348. The smallest absolute Gasteiger partial charge is 0.254 e. The highest BCUT2D eigenvalue weighted by Crippen LogP contribution is 2.27. The number of hydrogen-bond donors (Lipinski definition) is 0. The van der Waals surface area contributed by atoms with Crippen LogP contribution in [-0.2, 0) is 6.54 Å². The van der Waals surface area contributed by atoms with Gasteiger partial charge in [-0.3, -0.25) is 14.5 Å². The fourth-order valence-corrected chi connectivity index (χ4v) is 4.17. The second-order valence-electron chi connectivity index (χ2n) is 7.82. The molecule has 148 valence electrons. The zero-order valence-electron chi connectivity index (χ0n) is 16.1. The van der Waals surface area contributed by atoms with E-state index in [4.69, 9.17) is 5.26 Å². The lowest BCUT2D eigenvalue weighted by molar-refractivity contribution is 0.0707. The standard InChI is InChI=1S/C23H22FN3O2/c24-20-4-2-18(3-5-20)22(28)15-26-9-7-16(8-10-26)13-27-14-19-11-17(12-25)1-6-21(19)23(27)29/h1-6,11,16H,7-10,13-15H2. The van der Waals surface area contributed by atoms with Gasteiger partial charge in [-0.15, -0.1) is 0 Å². The quantitative estimate of drug-likeness (QED) is 0.734. The molecule has 1 saturated heterocycles. The fourth-order valence-electron chi connectivity index (χ4n) is 4.17. The van der Waals surface area contributed by atoms with Gasteiger partial charge in [0.2, 0.25) is 0 Å². The third kappa shape index (κ3) is 4.20. The van der Waals surface area contributed by atoms with Crippen LogP contribution in [0.1, 0.15) is 44.7 Å². The number of likely N-dealkylation sites (tertiary alicyclic amines) is 1. The minimum absolute atomic E-state index is 0.00178. The molecule has 6 heteroatoms. The van der Waals surface area contributed by atoms with Crippen molar-refractivity contribution in [3.8, 4) is 6.07 Å². The normalized spacial score (nSPS) is 17.2. The number of piperidine rings is 1. The van der Waals surface area contributed by atoms with Crippen LogP contribution in [0.5, 0.6) is 0 Å². The molecule has 29 heavy (non-hydrogen) atoms. The molecule has 2 aromatic rings. The van der Waals surface area contributed by atoms with E-state index in [-0.39, 0.29) is 17.5 Å². The molecule has 0 spiro atoms. The van der Waals surface area contributed by atoms with E-state index in [0.29, 0.717) is 42.2 Å². The van der Waals surface area contributed by atoms with Crippen LogP contribution in [0.3, 0.4) is 0 Å². The summed E-state index contributed by atoms with van der Waals surface area (Å²) < 4.78 is 13.0. The molecule has 1 amide bonds. The number of amides is 1. The van der Waals surface area contributed by atoms with Crippen molar-refractivity contribution in [1.29, 1.82) is 5.26 Å². The molecule has 4 rings (SSSR count). The van der Waals surface area contributed by atoms with E-state index in [2.05, 4.69) is 11.0 Å². The highest BCUT2D eigenvalue weighted by atomic mass is 19.1. The number of benzene rings is 2. The zero-order valence-corrected chi connectivity index (χ0v) is 16.1. The van der Waals surface area contributed by atoms with E-state index < -0.39 is 0 Å². The van der Waals surface area contributed by atoms with E-state index in [1.165, 1.54) is 24.3 Å². The van der Waals surface area contributed by atoms with E-state index in [1.54, 1.807) is 18.2 Å². The molecule has 0 bridgehead atoms. The van der Waals surface area contributed by atoms with E-state index in [1.807, 2.05) is 4.90 Å². The lowest BCUT2D eigenvalue weighted by atomic mass is 9.95. The number of halogens is 1. The summed E-state index contributed by atoms with van der Waals surface area (Å²) in [6.07, 6.45) is 1.86. The van der Waals surface area contributed by atoms with Gasteiger partial charge in [0.25, 0.3) is 5.91 Å². The van der Waals surface area contributed by atoms with Gasteiger partial charge in [-0.1, -0.05) is 0 Å². The maximum Gasteiger partial charge on any atom is 0.254 e. The molecule has 2 aromatic carbocycles. The minimum Gasteiger partial charge on any atom is -0.334 e. The van der Waals surface area contributed by atoms with Gasteiger partial charge in [-0.05, 0) is 79.9 Å². The van der Waals surface area contributed by atoms with Gasteiger partial charge in [-0.2, -0.15) is 5.26 Å². The summed E-state index contributed by atoms with van der Waals surface area (Å²) in [5, 5.41) is 9.04. The van der Waals surface area contributed by atoms with Crippen LogP contribution in [0.15, 0.2) is 42.5 Å². The Hall–Kier alpha value is -3.04. The summed E-state index contributed by atoms with van der Waals surface area (Å²) in [7, 11) is 0. The molecule has 2 heterocycles. The molecule has 1 fully saturated rings. The summed E-state index contributed by atoms with van der Waals surface area (Å²) in [5.74, 6) is 0.103. The molecular weight excluding hydrogens is 369 g/mol. The predicted molar refractivity (Wildman–Crippen MR) is 106 cm³/mol. The zero-order chi connectivity index (χ0) is 20.4. The molecular formula is C23H22FN3O2. The first-order chi connectivity index (χ1) is 14.0. The van der Waals surface area contributed by atoms with Crippen LogP contribution in [0.2, 0.25) is 0 Å². The van der Waals surface area contributed by atoms with Crippen molar-refractivity contribution in [2.75, 3.05) is 26.2 Å². The summed E-state index contributed by atoms with van der Waals surface area (Å²) in [6, 6.07) is 13.0. The first-order valence-electron chi connectivity index (χ1n) is 9.87. The second-order valence-corrected chi connectivity index (χ2v) is 7.82. The van der Waals surface area contributed by atoms with Gasteiger partial charge in [0.05, 0.1) is 18.2 Å². The number of fused-ring (bicyclic) bond motifs is 1. The molecule has 0 unspecified atom stereocenters. The number of nitrogens with zero attached hydrogens (tertiary/aromatic N) is 3. The van der Waals surface area contributed by atoms with E-state index in [9.17, 15) is 14.0 Å². The van der Waals surface area contributed by atoms with Crippen LogP contribution in [-0.4, -0.2) is 47.7 Å². The molecule has 0 radical (unpaired) electrons. The Morgan fingerprint density at radius 3 is 2.55 bits per heavy atom. The Morgan fingerprint density at radius 1 is 1.14 bits per heavy atom. The summed E-state index contributed by atoms with van der Waals surface area (Å²) in [5.41, 5.74) is 2.74. The van der Waals surface area contributed by atoms with Crippen LogP contribution in [0.25, 0.3) is 0 Å². The lowest BCUT2D eigenvalue weighted by Gasteiger charge is -2.33. The Bertz CT molecular complexity index is 973. The van der Waals surface area contributed by atoms with Crippen LogP contribution >= 0.6 is 0 Å². The van der Waals surface area contributed by atoms with E-state index >= 15 is 0 Å². The SMILES string of the molecule is N#Cc1ccc2c(c1)CN(CC1CCN(CC(=O)c3ccc(F)cc3)CC1)C2=O. The Morgan fingerprint density at radius 2 is 1.86 bits per heavy atom. The van der Waals surface area contributed by atoms with E-state index in [0.717, 1.165) is 31.5 Å². The molecule has 5 nitrogen and oxygen atoms in total. The van der Waals surface area contributed by atoms with Gasteiger partial charge in [0.15, 0.2) is 5.78 Å². The summed E-state index contributed by atoms with van der Waals surface area (Å²) >= 11 is 0. The number of carbonyl (C=O) groups is 2. The van der Waals surface area contributed by atoms with Crippen molar-refractivity contribution in [3.05, 3.63) is 70.5 Å². The number of rotatable bonds is 5. The van der Waals surface area contributed by atoms with Crippen molar-refractivity contribution in [2.24, 2.45) is 5.92 Å². The van der Waals surface area contributed by atoms with Crippen LogP contribution < -0.4 is 0 Å². The minimum atomic E-state index is -0.343. The highest BCUT2D eigenvalue weighted by Gasteiger charge is 2.30. The second kappa shape index (κ2) is 8.14. The van der Waals surface area contributed by atoms with Gasteiger partial charge in [-0.25, -0.2) is 4.39 Å². The molecule has 2 aliphatic heterocycles. The Balaban J connectivity index is 1.28.